The van der Waals surface area contributed by atoms with Crippen LogP contribution in [0.2, 0.25) is 0 Å². The zero-order valence-electron chi connectivity index (χ0n) is 17.4. The third-order valence-corrected chi connectivity index (χ3v) is 6.92. The molecule has 31 heavy (non-hydrogen) atoms. The number of nitrogens with zero attached hydrogens (tertiary/aromatic N) is 2. The van der Waals surface area contributed by atoms with Gasteiger partial charge in [0.05, 0.1) is 11.1 Å². The molecule has 2 aliphatic carbocycles. The highest BCUT2D eigenvalue weighted by atomic mass is 19.4. The average molecular weight is 433 g/mol. The second kappa shape index (κ2) is 6.50. The number of azo groups is 1. The van der Waals surface area contributed by atoms with Gasteiger partial charge >= 0.3 is 6.18 Å². The molecule has 2 heterocycles. The predicted octanol–water partition coefficient (Wildman–Crippen LogP) is 5.64. The molecule has 0 saturated carbocycles. The maximum atomic E-state index is 14.7. The standard InChI is InChI=1S/C23H23F4N3O/c1-21(2)10-16-18(17(31)11-21)22(8-6-12-13(22)4-3-5-14(12)24)19-15(7-9-23(25,26)27)29-30-20(19)28-16/h3-5,20,28H,6-11H2,1-2H3. The third-order valence-electron chi connectivity index (χ3n) is 6.92. The Morgan fingerprint density at radius 2 is 2.00 bits per heavy atom. The summed E-state index contributed by atoms with van der Waals surface area (Å²) in [6.07, 6.45) is -4.47. The fourth-order valence-electron chi connectivity index (χ4n) is 5.86. The van der Waals surface area contributed by atoms with Gasteiger partial charge < -0.3 is 5.32 Å². The van der Waals surface area contributed by atoms with Crippen molar-refractivity contribution in [2.75, 3.05) is 0 Å². The van der Waals surface area contributed by atoms with Crippen LogP contribution in [0.5, 0.6) is 0 Å². The number of alkyl halides is 3. The van der Waals surface area contributed by atoms with E-state index in [1.165, 1.54) is 6.07 Å². The Balaban J connectivity index is 1.75. The fraction of sp³-hybridized carbons (Fsp3) is 0.522. The smallest absolute Gasteiger partial charge is 0.362 e. The van der Waals surface area contributed by atoms with Crippen LogP contribution in [0.15, 0.2) is 51.0 Å². The van der Waals surface area contributed by atoms with Crippen molar-refractivity contribution in [2.24, 2.45) is 15.6 Å². The number of carbonyl (C=O) groups is 1. The summed E-state index contributed by atoms with van der Waals surface area (Å²) in [6, 6.07) is 4.80. The van der Waals surface area contributed by atoms with E-state index < -0.39 is 24.2 Å². The highest BCUT2D eigenvalue weighted by Gasteiger charge is 2.57. The summed E-state index contributed by atoms with van der Waals surface area (Å²) in [5.74, 6) is -0.386. The molecule has 1 N–H and O–H groups in total. The van der Waals surface area contributed by atoms with E-state index in [0.717, 1.165) is 5.70 Å². The molecule has 0 saturated heterocycles. The maximum Gasteiger partial charge on any atom is 0.389 e. The second-order valence-corrected chi connectivity index (χ2v) is 9.70. The van der Waals surface area contributed by atoms with Crippen LogP contribution < -0.4 is 5.32 Å². The van der Waals surface area contributed by atoms with Crippen LogP contribution in [0.25, 0.3) is 0 Å². The van der Waals surface area contributed by atoms with Gasteiger partial charge in [-0.15, -0.1) is 0 Å². The lowest BCUT2D eigenvalue weighted by Gasteiger charge is -2.47. The minimum Gasteiger partial charge on any atom is -0.362 e. The monoisotopic (exact) mass is 433 g/mol. The molecule has 1 aromatic carbocycles. The van der Waals surface area contributed by atoms with E-state index in [1.54, 1.807) is 12.1 Å². The molecule has 0 amide bonds. The zero-order valence-corrected chi connectivity index (χ0v) is 17.4. The van der Waals surface area contributed by atoms with E-state index in [2.05, 4.69) is 15.5 Å². The largest absolute Gasteiger partial charge is 0.389 e. The summed E-state index contributed by atoms with van der Waals surface area (Å²) in [4.78, 5) is 13.5. The van der Waals surface area contributed by atoms with Crippen molar-refractivity contribution in [1.29, 1.82) is 0 Å². The first kappa shape index (κ1) is 20.4. The SMILES string of the molecule is CC1(C)CC(=O)C2=C(C1)NC1N=NC(CCC(F)(F)F)=C1C21CCc2c(F)cccc21. The quantitative estimate of drug-likeness (QED) is 0.614. The van der Waals surface area contributed by atoms with Gasteiger partial charge in [-0.1, -0.05) is 26.0 Å². The number of hydrogen-bond donors (Lipinski definition) is 1. The van der Waals surface area contributed by atoms with Crippen LogP contribution in [0.3, 0.4) is 0 Å². The van der Waals surface area contributed by atoms with Gasteiger partial charge in [-0.05, 0) is 41.9 Å². The summed E-state index contributed by atoms with van der Waals surface area (Å²) in [5, 5.41) is 11.7. The molecule has 5 rings (SSSR count). The maximum absolute atomic E-state index is 14.7. The average Bonchev–Trinajstić information content (AvgIpc) is 3.22. The Morgan fingerprint density at radius 3 is 2.74 bits per heavy atom. The molecule has 8 heteroatoms. The number of rotatable bonds is 2. The minimum atomic E-state index is -4.33. The van der Waals surface area contributed by atoms with Crippen molar-refractivity contribution < 1.29 is 22.4 Å². The van der Waals surface area contributed by atoms with Crippen LogP contribution in [-0.4, -0.2) is 18.1 Å². The number of Topliss-reactive ketones (excluding diaryl/α,β-unsaturated/α-hetero) is 1. The lowest BCUT2D eigenvalue weighted by atomic mass is 9.59. The first-order chi connectivity index (χ1) is 14.5. The van der Waals surface area contributed by atoms with Gasteiger partial charge in [0.25, 0.3) is 0 Å². The van der Waals surface area contributed by atoms with Gasteiger partial charge in [0.15, 0.2) is 11.9 Å². The van der Waals surface area contributed by atoms with Crippen molar-refractivity contribution in [3.8, 4) is 0 Å². The molecule has 4 aliphatic rings. The molecule has 1 spiro atoms. The number of nitrogens with one attached hydrogen (secondary N) is 1. The molecule has 4 nitrogen and oxygen atoms in total. The number of hydrogen-bond acceptors (Lipinski definition) is 4. The lowest BCUT2D eigenvalue weighted by Crippen LogP contribution is -2.51. The van der Waals surface area contributed by atoms with Crippen molar-refractivity contribution in [2.45, 2.75) is 70.1 Å². The van der Waals surface area contributed by atoms with Gasteiger partial charge in [-0.25, -0.2) is 4.39 Å². The van der Waals surface area contributed by atoms with E-state index >= 15 is 0 Å². The molecular weight excluding hydrogens is 410 g/mol. The highest BCUT2D eigenvalue weighted by molar-refractivity contribution is 6.02. The van der Waals surface area contributed by atoms with E-state index in [1.807, 2.05) is 13.8 Å². The Morgan fingerprint density at radius 1 is 1.23 bits per heavy atom. The first-order valence-corrected chi connectivity index (χ1v) is 10.5. The van der Waals surface area contributed by atoms with Gasteiger partial charge in [0.1, 0.15) is 5.82 Å². The molecule has 2 aliphatic heterocycles. The van der Waals surface area contributed by atoms with Crippen molar-refractivity contribution in [3.63, 3.8) is 0 Å². The minimum absolute atomic E-state index is 0.0381. The number of halogens is 4. The third kappa shape index (κ3) is 3.05. The molecule has 0 fully saturated rings. The number of benzene rings is 1. The van der Waals surface area contributed by atoms with Crippen LogP contribution in [0, 0.1) is 11.2 Å². The number of ketones is 1. The molecule has 2 unspecified atom stereocenters. The van der Waals surface area contributed by atoms with E-state index in [0.29, 0.717) is 48.0 Å². The molecule has 0 bridgehead atoms. The Labute approximate surface area is 177 Å². The first-order valence-electron chi connectivity index (χ1n) is 10.5. The number of carbonyl (C=O) groups excluding carboxylic acids is 1. The summed E-state index contributed by atoms with van der Waals surface area (Å²) >= 11 is 0. The molecule has 1 aromatic rings. The summed E-state index contributed by atoms with van der Waals surface area (Å²) in [5.41, 5.74) is 2.17. The van der Waals surface area contributed by atoms with Crippen molar-refractivity contribution in [1.82, 2.24) is 5.32 Å². The van der Waals surface area contributed by atoms with Gasteiger partial charge in [-0.2, -0.15) is 23.4 Å². The van der Waals surface area contributed by atoms with Crippen LogP contribution in [0.4, 0.5) is 17.6 Å². The summed E-state index contributed by atoms with van der Waals surface area (Å²) < 4.78 is 53.6. The fourth-order valence-corrected chi connectivity index (χ4v) is 5.86. The number of fused-ring (bicyclic) bond motifs is 5. The summed E-state index contributed by atoms with van der Waals surface area (Å²) in [6.45, 7) is 4.03. The molecule has 0 aromatic heterocycles. The molecule has 164 valence electrons. The van der Waals surface area contributed by atoms with Crippen LogP contribution in [0.1, 0.15) is 57.1 Å². The van der Waals surface area contributed by atoms with Crippen molar-refractivity contribution in [3.05, 3.63) is 57.7 Å². The van der Waals surface area contributed by atoms with E-state index in [4.69, 9.17) is 0 Å². The topological polar surface area (TPSA) is 53.8 Å². The summed E-state index contributed by atoms with van der Waals surface area (Å²) in [7, 11) is 0. The van der Waals surface area contributed by atoms with Gasteiger partial charge in [0, 0.05) is 36.1 Å². The molecular formula is C23H23F4N3O. The van der Waals surface area contributed by atoms with Crippen LogP contribution in [-0.2, 0) is 16.6 Å². The lowest BCUT2D eigenvalue weighted by molar-refractivity contribution is -0.134. The second-order valence-electron chi connectivity index (χ2n) is 9.70. The van der Waals surface area contributed by atoms with Gasteiger partial charge in [-0.3, -0.25) is 4.79 Å². The number of allylic oxidation sites excluding steroid dienone is 3. The Kier molecular flexibility index (Phi) is 4.27. The highest BCUT2D eigenvalue weighted by Crippen LogP contribution is 2.59. The zero-order chi connectivity index (χ0) is 22.2. The van der Waals surface area contributed by atoms with E-state index in [9.17, 15) is 22.4 Å². The van der Waals surface area contributed by atoms with E-state index in [-0.39, 0.29) is 29.1 Å². The Bertz CT molecular complexity index is 1080. The van der Waals surface area contributed by atoms with Crippen molar-refractivity contribution >= 4 is 5.78 Å². The Hall–Kier alpha value is -2.51. The molecule has 2 atom stereocenters. The van der Waals surface area contributed by atoms with Gasteiger partial charge in [0.2, 0.25) is 0 Å². The van der Waals surface area contributed by atoms with Crippen LogP contribution >= 0.6 is 0 Å². The molecule has 0 radical (unpaired) electrons. The predicted molar refractivity (Wildman–Crippen MR) is 106 cm³/mol. The normalized spacial score (nSPS) is 28.7.